The van der Waals surface area contributed by atoms with Gasteiger partial charge in [0.25, 0.3) is 0 Å². The number of carboxylic acid groups (broad SMARTS) is 1. The number of nitrogens with two attached hydrogens (primary N) is 1. The molecule has 3 N–H and O–H groups in total. The summed E-state index contributed by atoms with van der Waals surface area (Å²) in [6.07, 6.45) is 1.23. The van der Waals surface area contributed by atoms with Gasteiger partial charge in [0.1, 0.15) is 0 Å². The summed E-state index contributed by atoms with van der Waals surface area (Å²) in [5.74, 6) is -6.20. The molecule has 3 nitrogen and oxygen atoms in total. The monoisotopic (exact) mass is 165 g/mol. The van der Waals surface area contributed by atoms with Crippen molar-refractivity contribution in [3.05, 3.63) is 0 Å². The molecule has 5 heteroatoms. The highest BCUT2D eigenvalue weighted by Crippen LogP contribution is 2.38. The fourth-order valence-corrected chi connectivity index (χ4v) is 0.894. The van der Waals surface area contributed by atoms with E-state index < -0.39 is 17.9 Å². The van der Waals surface area contributed by atoms with Crippen LogP contribution < -0.4 is 5.73 Å². The minimum atomic E-state index is -3.76. The zero-order valence-corrected chi connectivity index (χ0v) is 5.76. The van der Waals surface area contributed by atoms with E-state index in [2.05, 4.69) is 0 Å². The summed E-state index contributed by atoms with van der Waals surface area (Å²) in [5.41, 5.74) is 5.03. The van der Waals surface area contributed by atoms with Gasteiger partial charge in [-0.05, 0) is 18.8 Å². The highest BCUT2D eigenvalue weighted by atomic mass is 19.3. The number of rotatable bonds is 3. The van der Waals surface area contributed by atoms with Gasteiger partial charge in [-0.2, -0.15) is 8.78 Å². The zero-order valence-electron chi connectivity index (χ0n) is 5.76. The molecule has 1 aliphatic rings. The third-order valence-corrected chi connectivity index (χ3v) is 1.83. The van der Waals surface area contributed by atoms with E-state index in [0.29, 0.717) is 12.8 Å². The maximum absolute atomic E-state index is 12.5. The molecule has 1 aliphatic carbocycles. The predicted octanol–water partition coefficient (Wildman–Crippen LogP) is 0.444. The third-order valence-electron chi connectivity index (χ3n) is 1.83. The first-order valence-corrected chi connectivity index (χ1v) is 3.33. The van der Waals surface area contributed by atoms with Crippen LogP contribution in [0.3, 0.4) is 0 Å². The molecule has 0 spiro atoms. The predicted molar refractivity (Wildman–Crippen MR) is 33.3 cm³/mol. The topological polar surface area (TPSA) is 63.3 Å². The Labute approximate surface area is 62.2 Å². The first-order valence-electron chi connectivity index (χ1n) is 3.33. The summed E-state index contributed by atoms with van der Waals surface area (Å²) in [7, 11) is 0. The average molecular weight is 165 g/mol. The normalized spacial score (nSPS) is 21.4. The number of carbonyl (C=O) groups is 1. The van der Waals surface area contributed by atoms with Crippen LogP contribution in [0.25, 0.3) is 0 Å². The molecule has 0 aromatic carbocycles. The van der Waals surface area contributed by atoms with Crippen molar-refractivity contribution in [2.24, 2.45) is 11.7 Å². The maximum Gasteiger partial charge on any atom is 0.376 e. The average Bonchev–Trinajstić information content (AvgIpc) is 2.66. The fourth-order valence-electron chi connectivity index (χ4n) is 0.894. The van der Waals surface area contributed by atoms with Crippen molar-refractivity contribution in [3.8, 4) is 0 Å². The van der Waals surface area contributed by atoms with Gasteiger partial charge in [-0.1, -0.05) is 0 Å². The van der Waals surface area contributed by atoms with Crippen LogP contribution in [0.1, 0.15) is 12.8 Å². The lowest BCUT2D eigenvalue weighted by Gasteiger charge is -2.18. The second kappa shape index (κ2) is 2.41. The largest absolute Gasteiger partial charge is 0.477 e. The lowest BCUT2D eigenvalue weighted by Crippen LogP contribution is -2.48. The minimum Gasteiger partial charge on any atom is -0.477 e. The molecule has 1 atom stereocenters. The molecule has 0 heterocycles. The van der Waals surface area contributed by atoms with E-state index in [9.17, 15) is 13.6 Å². The van der Waals surface area contributed by atoms with E-state index in [-0.39, 0.29) is 5.92 Å². The van der Waals surface area contributed by atoms with E-state index >= 15 is 0 Å². The third kappa shape index (κ3) is 1.48. The highest BCUT2D eigenvalue weighted by Gasteiger charge is 2.51. The summed E-state index contributed by atoms with van der Waals surface area (Å²) < 4.78 is 25.0. The molecule has 0 aromatic rings. The quantitative estimate of drug-likeness (QED) is 0.637. The molecule has 1 rings (SSSR count). The Hall–Kier alpha value is -0.710. The smallest absolute Gasteiger partial charge is 0.376 e. The van der Waals surface area contributed by atoms with Gasteiger partial charge in [0, 0.05) is 0 Å². The Kier molecular flexibility index (Phi) is 1.83. The van der Waals surface area contributed by atoms with Crippen molar-refractivity contribution in [3.63, 3.8) is 0 Å². The van der Waals surface area contributed by atoms with Crippen molar-refractivity contribution < 1.29 is 18.7 Å². The number of carboxylic acids is 1. The van der Waals surface area contributed by atoms with Crippen molar-refractivity contribution in [1.29, 1.82) is 0 Å². The summed E-state index contributed by atoms with van der Waals surface area (Å²) in [6, 6.07) is -1.51. The number of aliphatic carboxylic acids is 1. The van der Waals surface area contributed by atoms with Crippen molar-refractivity contribution >= 4 is 5.97 Å². The van der Waals surface area contributed by atoms with Crippen LogP contribution in [0.4, 0.5) is 8.78 Å². The first-order chi connectivity index (χ1) is 4.96. The van der Waals surface area contributed by atoms with E-state index in [1.165, 1.54) is 0 Å². The van der Waals surface area contributed by atoms with Gasteiger partial charge < -0.3 is 10.8 Å². The second-order valence-electron chi connectivity index (χ2n) is 2.79. The van der Waals surface area contributed by atoms with Crippen LogP contribution in [0.15, 0.2) is 0 Å². The van der Waals surface area contributed by atoms with Gasteiger partial charge in [-0.3, -0.25) is 0 Å². The standard InChI is InChI=1S/C6H9F2NO2/c7-6(8,5(10)11)4(9)3-1-2-3/h3-4H,1-2,9H2,(H,10,11). The molecule has 1 saturated carbocycles. The van der Waals surface area contributed by atoms with Crippen molar-refractivity contribution in [1.82, 2.24) is 0 Å². The molecule has 0 bridgehead atoms. The summed E-state index contributed by atoms with van der Waals surface area (Å²) in [6.45, 7) is 0. The second-order valence-corrected chi connectivity index (χ2v) is 2.79. The zero-order chi connectivity index (χ0) is 8.65. The Morgan fingerprint density at radius 2 is 2.09 bits per heavy atom. The lowest BCUT2D eigenvalue weighted by molar-refractivity contribution is -0.168. The molecule has 1 unspecified atom stereocenters. The van der Waals surface area contributed by atoms with Gasteiger partial charge in [0.05, 0.1) is 6.04 Å². The lowest BCUT2D eigenvalue weighted by atomic mass is 10.1. The van der Waals surface area contributed by atoms with Crippen LogP contribution in [-0.2, 0) is 4.79 Å². The molecular formula is C6H9F2NO2. The van der Waals surface area contributed by atoms with Gasteiger partial charge in [0.15, 0.2) is 0 Å². The Morgan fingerprint density at radius 1 is 1.64 bits per heavy atom. The summed E-state index contributed by atoms with van der Waals surface area (Å²) in [5, 5.41) is 8.06. The van der Waals surface area contributed by atoms with Crippen molar-refractivity contribution in [2.45, 2.75) is 24.8 Å². The molecule has 0 amide bonds. The van der Waals surface area contributed by atoms with Gasteiger partial charge in [0.2, 0.25) is 0 Å². The molecule has 11 heavy (non-hydrogen) atoms. The Morgan fingerprint density at radius 3 is 2.36 bits per heavy atom. The first kappa shape index (κ1) is 8.39. The van der Waals surface area contributed by atoms with E-state index in [0.717, 1.165) is 0 Å². The minimum absolute atomic E-state index is 0.305. The molecule has 0 saturated heterocycles. The number of halogens is 2. The number of alkyl halides is 2. The van der Waals surface area contributed by atoms with Crippen LogP contribution in [-0.4, -0.2) is 23.0 Å². The van der Waals surface area contributed by atoms with Crippen LogP contribution >= 0.6 is 0 Å². The van der Waals surface area contributed by atoms with E-state index in [1.807, 2.05) is 0 Å². The van der Waals surface area contributed by atoms with E-state index in [4.69, 9.17) is 10.8 Å². The SMILES string of the molecule is NC(C1CC1)C(F)(F)C(=O)O. The maximum atomic E-state index is 12.5. The Bertz CT molecular complexity index is 179. The van der Waals surface area contributed by atoms with Crippen LogP contribution in [0, 0.1) is 5.92 Å². The van der Waals surface area contributed by atoms with Crippen LogP contribution in [0.2, 0.25) is 0 Å². The summed E-state index contributed by atoms with van der Waals surface area (Å²) in [4.78, 5) is 9.96. The number of hydrogen-bond acceptors (Lipinski definition) is 2. The van der Waals surface area contributed by atoms with Gasteiger partial charge in [-0.15, -0.1) is 0 Å². The molecule has 64 valence electrons. The van der Waals surface area contributed by atoms with Gasteiger partial charge in [-0.25, -0.2) is 4.79 Å². The Balaban J connectivity index is 2.61. The molecular weight excluding hydrogens is 156 g/mol. The molecule has 0 radical (unpaired) electrons. The van der Waals surface area contributed by atoms with E-state index in [1.54, 1.807) is 0 Å². The summed E-state index contributed by atoms with van der Waals surface area (Å²) >= 11 is 0. The van der Waals surface area contributed by atoms with Crippen LogP contribution in [0.5, 0.6) is 0 Å². The number of hydrogen-bond donors (Lipinski definition) is 2. The molecule has 0 aliphatic heterocycles. The fraction of sp³-hybridized carbons (Fsp3) is 0.833. The van der Waals surface area contributed by atoms with Gasteiger partial charge >= 0.3 is 11.9 Å². The highest BCUT2D eigenvalue weighted by molar-refractivity contribution is 5.76. The molecule has 0 aromatic heterocycles. The van der Waals surface area contributed by atoms with Crippen molar-refractivity contribution in [2.75, 3.05) is 0 Å². The molecule has 1 fully saturated rings.